The van der Waals surface area contributed by atoms with E-state index in [1.807, 2.05) is 0 Å². The zero-order chi connectivity index (χ0) is 25.4. The molecule has 0 N–H and O–H groups in total. The Bertz CT molecular complexity index is 1520. The first-order valence-electron chi connectivity index (χ1n) is 13.1. The van der Waals surface area contributed by atoms with E-state index in [-0.39, 0.29) is 21.2 Å². The molecule has 0 aromatic heterocycles. The summed E-state index contributed by atoms with van der Waals surface area (Å²) < 4.78 is 0.323. The quantitative estimate of drug-likeness (QED) is 0.115. The molecular formula is C35H36I-. The predicted molar refractivity (Wildman–Crippen MR) is 155 cm³/mol. The van der Waals surface area contributed by atoms with Crippen LogP contribution in [0.4, 0.5) is 0 Å². The Kier molecular flexibility index (Phi) is 6.96. The summed E-state index contributed by atoms with van der Waals surface area (Å²) in [4.78, 5) is 2.46. The third-order valence-corrected chi connectivity index (χ3v) is 12.1. The molecule has 0 bridgehead atoms. The third kappa shape index (κ3) is 4.26. The van der Waals surface area contributed by atoms with E-state index in [1.54, 1.807) is 0 Å². The molecule has 0 aliphatic carbocycles. The molecule has 0 aliphatic rings. The van der Waals surface area contributed by atoms with Crippen molar-refractivity contribution in [2.75, 3.05) is 4.93 Å². The monoisotopic (exact) mass is 583 g/mol. The molecule has 0 unspecified atom stereocenters. The molecule has 0 radical (unpaired) electrons. The van der Waals surface area contributed by atoms with Crippen LogP contribution in [0.3, 0.4) is 0 Å². The number of alkyl halides is 2. The van der Waals surface area contributed by atoms with E-state index >= 15 is 0 Å². The number of rotatable bonds is 6. The van der Waals surface area contributed by atoms with E-state index in [0.29, 0.717) is 3.42 Å². The van der Waals surface area contributed by atoms with Crippen LogP contribution in [0.5, 0.6) is 0 Å². The van der Waals surface area contributed by atoms with Gasteiger partial charge in [0.05, 0.1) is 0 Å². The molecule has 0 nitrogen and oxygen atoms in total. The Balaban J connectivity index is 1.98. The fourth-order valence-corrected chi connectivity index (χ4v) is 8.44. The van der Waals surface area contributed by atoms with Crippen LogP contribution in [0.1, 0.15) is 48.9 Å². The molecule has 0 heterocycles. The number of aryl methyl sites for hydroxylation is 3. The summed E-state index contributed by atoms with van der Waals surface area (Å²) in [7, 11) is 0. The van der Waals surface area contributed by atoms with Gasteiger partial charge in [-0.15, -0.1) is 0 Å². The zero-order valence-corrected chi connectivity index (χ0v) is 24.5. The first kappa shape index (κ1) is 25.0. The van der Waals surface area contributed by atoms with E-state index in [4.69, 9.17) is 0 Å². The second-order valence-corrected chi connectivity index (χ2v) is 13.3. The normalized spacial score (nSPS) is 12.1. The van der Waals surface area contributed by atoms with E-state index in [1.165, 1.54) is 78.9 Å². The van der Waals surface area contributed by atoms with Crippen LogP contribution in [-0.4, -0.2) is 4.93 Å². The van der Waals surface area contributed by atoms with Gasteiger partial charge in [-0.05, 0) is 0 Å². The van der Waals surface area contributed by atoms with Gasteiger partial charge in [-0.1, -0.05) is 0 Å². The third-order valence-electron chi connectivity index (χ3n) is 7.87. The Hall–Kier alpha value is -2.65. The summed E-state index contributed by atoms with van der Waals surface area (Å²) in [6, 6.07) is 32.5. The summed E-state index contributed by atoms with van der Waals surface area (Å²) in [5, 5.41) is 5.41. The zero-order valence-electron chi connectivity index (χ0n) is 22.4. The van der Waals surface area contributed by atoms with Crippen molar-refractivity contribution in [3.05, 3.63) is 107 Å². The van der Waals surface area contributed by atoms with Crippen molar-refractivity contribution in [2.45, 2.75) is 50.9 Å². The van der Waals surface area contributed by atoms with Gasteiger partial charge >= 0.3 is 228 Å². The van der Waals surface area contributed by atoms with E-state index in [9.17, 15) is 0 Å². The minimum absolute atomic E-state index is 0.0533. The van der Waals surface area contributed by atoms with Gasteiger partial charge in [0.1, 0.15) is 0 Å². The van der Waals surface area contributed by atoms with Gasteiger partial charge in [0.2, 0.25) is 0 Å². The molecule has 0 atom stereocenters. The maximum absolute atomic E-state index is 2.55. The summed E-state index contributed by atoms with van der Waals surface area (Å²) in [6.07, 6.45) is 2.41. The molecule has 1 heteroatoms. The molecular weight excluding hydrogens is 547 g/mol. The van der Waals surface area contributed by atoms with Crippen LogP contribution >= 0.6 is 0 Å². The van der Waals surface area contributed by atoms with Crippen LogP contribution in [0, 0.1) is 20.8 Å². The van der Waals surface area contributed by atoms with Crippen molar-refractivity contribution < 1.29 is 21.2 Å². The van der Waals surface area contributed by atoms with Crippen molar-refractivity contribution in [3.63, 3.8) is 0 Å². The van der Waals surface area contributed by atoms with Crippen molar-refractivity contribution in [3.8, 4) is 22.3 Å². The maximum atomic E-state index is 2.55. The Morgan fingerprint density at radius 3 is 1.67 bits per heavy atom. The Morgan fingerprint density at radius 2 is 1.11 bits per heavy atom. The molecule has 0 spiro atoms. The standard InChI is InChI=1S/C35H36I/c1-7-35(8-2,36-6)28-17-18-31-32(22-28)33(26-15-13-23(3)14-16-26)29-11-9-10-12-30(29)34(31)27-20-24(4)19-25(5)21-27/h9-22H,7-8H2,1-6H3/q-1. The molecule has 0 saturated carbocycles. The molecule has 5 aromatic rings. The van der Waals surface area contributed by atoms with Crippen LogP contribution < -0.4 is 21.2 Å². The van der Waals surface area contributed by atoms with Crippen molar-refractivity contribution in [2.24, 2.45) is 0 Å². The van der Waals surface area contributed by atoms with Gasteiger partial charge in [-0.3, -0.25) is 0 Å². The molecule has 184 valence electrons. The number of fused-ring (bicyclic) bond motifs is 2. The molecule has 36 heavy (non-hydrogen) atoms. The van der Waals surface area contributed by atoms with Gasteiger partial charge in [0.25, 0.3) is 0 Å². The van der Waals surface area contributed by atoms with Gasteiger partial charge in [-0.25, -0.2) is 0 Å². The molecule has 0 aliphatic heterocycles. The molecule has 5 rings (SSSR count). The van der Waals surface area contributed by atoms with Crippen LogP contribution in [0.25, 0.3) is 43.8 Å². The number of hydrogen-bond donors (Lipinski definition) is 0. The van der Waals surface area contributed by atoms with Gasteiger partial charge in [0.15, 0.2) is 0 Å². The van der Waals surface area contributed by atoms with Gasteiger partial charge < -0.3 is 0 Å². The first-order chi connectivity index (χ1) is 17.4. The molecule has 0 saturated heterocycles. The number of hydrogen-bond acceptors (Lipinski definition) is 0. The summed E-state index contributed by atoms with van der Waals surface area (Å²) in [5.41, 5.74) is 10.8. The van der Waals surface area contributed by atoms with Crippen LogP contribution in [0.15, 0.2) is 84.9 Å². The first-order valence-corrected chi connectivity index (χ1v) is 16.3. The molecule has 0 amide bonds. The van der Waals surface area contributed by atoms with Crippen molar-refractivity contribution in [1.29, 1.82) is 0 Å². The van der Waals surface area contributed by atoms with E-state index in [0.717, 1.165) is 0 Å². The van der Waals surface area contributed by atoms with Gasteiger partial charge in [0, 0.05) is 0 Å². The Morgan fingerprint density at radius 1 is 0.556 bits per heavy atom. The van der Waals surface area contributed by atoms with Gasteiger partial charge in [-0.2, -0.15) is 0 Å². The molecule has 0 fully saturated rings. The minimum atomic E-state index is 0.0533. The van der Waals surface area contributed by atoms with E-state index < -0.39 is 0 Å². The second kappa shape index (κ2) is 10.0. The second-order valence-electron chi connectivity index (χ2n) is 10.2. The van der Waals surface area contributed by atoms with Crippen molar-refractivity contribution in [1.82, 2.24) is 0 Å². The summed E-state index contributed by atoms with van der Waals surface area (Å²) >= 11 is 0.0533. The topological polar surface area (TPSA) is 0 Å². The number of halogens is 1. The fraction of sp³-hybridized carbons (Fsp3) is 0.257. The molecule has 5 aromatic carbocycles. The van der Waals surface area contributed by atoms with Crippen LogP contribution in [-0.2, 0) is 3.42 Å². The van der Waals surface area contributed by atoms with E-state index in [2.05, 4.69) is 124 Å². The Labute approximate surface area is 227 Å². The SMILES string of the molecule is CCC(CC)([I-]C)c1ccc2c(-c3cc(C)cc(C)c3)c3ccccc3c(-c3ccc(C)cc3)c2c1. The predicted octanol–water partition coefficient (Wildman–Crippen LogP) is 6.99. The van der Waals surface area contributed by atoms with Crippen molar-refractivity contribution >= 4 is 21.5 Å². The fourth-order valence-electron chi connectivity index (χ4n) is 5.95. The van der Waals surface area contributed by atoms with Crippen LogP contribution in [0.2, 0.25) is 0 Å². The number of benzene rings is 5. The average molecular weight is 584 g/mol. The summed E-state index contributed by atoms with van der Waals surface area (Å²) in [6.45, 7) is 11.3. The average Bonchev–Trinajstić information content (AvgIpc) is 2.88. The summed E-state index contributed by atoms with van der Waals surface area (Å²) in [5.74, 6) is 0.